The van der Waals surface area contributed by atoms with E-state index in [0.29, 0.717) is 5.69 Å². The molecule has 3 N–H and O–H groups in total. The number of carbonyl (C=O) groups is 1. The molecule has 3 nitrogen and oxygen atoms in total. The van der Waals surface area contributed by atoms with Gasteiger partial charge in [-0.3, -0.25) is 4.79 Å². The van der Waals surface area contributed by atoms with E-state index in [1.54, 1.807) is 6.92 Å². The molecule has 0 saturated heterocycles. The Labute approximate surface area is 96.8 Å². The molecule has 0 spiro atoms. The van der Waals surface area contributed by atoms with Crippen LogP contribution in [0.4, 0.5) is 18.9 Å². The number of nitrogens with one attached hydrogen (secondary N) is 1. The van der Waals surface area contributed by atoms with E-state index < -0.39 is 11.7 Å². The van der Waals surface area contributed by atoms with Crippen molar-refractivity contribution < 1.29 is 18.0 Å². The van der Waals surface area contributed by atoms with E-state index in [0.717, 1.165) is 12.1 Å². The third-order valence-electron chi connectivity index (χ3n) is 2.00. The summed E-state index contributed by atoms with van der Waals surface area (Å²) in [6.07, 6.45) is -4.24. The van der Waals surface area contributed by atoms with Crippen LogP contribution in [0.1, 0.15) is 18.9 Å². The van der Waals surface area contributed by atoms with E-state index in [4.69, 9.17) is 5.73 Å². The Hall–Kier alpha value is -1.56. The van der Waals surface area contributed by atoms with Crippen LogP contribution < -0.4 is 11.1 Å². The minimum atomic E-state index is -4.37. The third-order valence-corrected chi connectivity index (χ3v) is 2.00. The monoisotopic (exact) mass is 246 g/mol. The van der Waals surface area contributed by atoms with Crippen molar-refractivity contribution in [2.24, 2.45) is 5.73 Å². The maximum absolute atomic E-state index is 12.3. The summed E-state index contributed by atoms with van der Waals surface area (Å²) in [7, 11) is 0. The summed E-state index contributed by atoms with van der Waals surface area (Å²) in [5, 5.41) is 2.47. The fourth-order valence-electron chi connectivity index (χ4n) is 1.25. The summed E-state index contributed by atoms with van der Waals surface area (Å²) in [5.74, 6) is -0.320. The van der Waals surface area contributed by atoms with Crippen molar-refractivity contribution >= 4 is 11.6 Å². The first-order valence-electron chi connectivity index (χ1n) is 5.01. The number of benzene rings is 1. The van der Waals surface area contributed by atoms with Crippen molar-refractivity contribution in [3.05, 3.63) is 29.8 Å². The van der Waals surface area contributed by atoms with Crippen LogP contribution in [0.15, 0.2) is 24.3 Å². The molecule has 0 aliphatic heterocycles. The molecular formula is C11H13F3N2O. The van der Waals surface area contributed by atoms with E-state index >= 15 is 0 Å². The standard InChI is InChI=1S/C11H13F3N2O/c1-7(15)6-10(17)16-9-4-2-8(3-5-9)11(12,13)14/h2-5,7H,6,15H2,1H3,(H,16,17). The number of amides is 1. The molecule has 17 heavy (non-hydrogen) atoms. The second-order valence-corrected chi connectivity index (χ2v) is 3.80. The number of alkyl halides is 3. The van der Waals surface area contributed by atoms with E-state index in [-0.39, 0.29) is 18.4 Å². The lowest BCUT2D eigenvalue weighted by Gasteiger charge is -2.09. The molecule has 1 aromatic carbocycles. The number of anilines is 1. The van der Waals surface area contributed by atoms with E-state index in [1.165, 1.54) is 12.1 Å². The summed E-state index contributed by atoms with van der Waals surface area (Å²) >= 11 is 0. The van der Waals surface area contributed by atoms with E-state index in [2.05, 4.69) is 5.32 Å². The first-order chi connectivity index (χ1) is 7.79. The first kappa shape index (κ1) is 13.5. The highest BCUT2D eigenvalue weighted by Crippen LogP contribution is 2.29. The fourth-order valence-corrected chi connectivity index (χ4v) is 1.25. The highest BCUT2D eigenvalue weighted by atomic mass is 19.4. The van der Waals surface area contributed by atoms with Gasteiger partial charge in [0.1, 0.15) is 0 Å². The SMILES string of the molecule is CC(N)CC(=O)Nc1ccc(C(F)(F)F)cc1. The summed E-state index contributed by atoms with van der Waals surface area (Å²) in [4.78, 5) is 11.3. The topological polar surface area (TPSA) is 55.1 Å². The quantitative estimate of drug-likeness (QED) is 0.860. The number of rotatable bonds is 3. The summed E-state index contributed by atoms with van der Waals surface area (Å²) in [6.45, 7) is 1.67. The molecule has 1 rings (SSSR count). The zero-order valence-corrected chi connectivity index (χ0v) is 9.21. The molecule has 1 amide bonds. The minimum Gasteiger partial charge on any atom is -0.327 e. The van der Waals surface area contributed by atoms with Gasteiger partial charge in [-0.25, -0.2) is 0 Å². The van der Waals surface area contributed by atoms with Crippen LogP contribution >= 0.6 is 0 Å². The number of hydrogen-bond acceptors (Lipinski definition) is 2. The van der Waals surface area contributed by atoms with Crippen LogP contribution in [0.2, 0.25) is 0 Å². The molecule has 0 bridgehead atoms. The minimum absolute atomic E-state index is 0.126. The molecule has 1 aromatic rings. The van der Waals surface area contributed by atoms with Crippen LogP contribution in [0.5, 0.6) is 0 Å². The van der Waals surface area contributed by atoms with Gasteiger partial charge in [-0.15, -0.1) is 0 Å². The van der Waals surface area contributed by atoms with Gasteiger partial charge in [0.15, 0.2) is 0 Å². The van der Waals surface area contributed by atoms with Gasteiger partial charge in [-0.1, -0.05) is 0 Å². The first-order valence-corrected chi connectivity index (χ1v) is 5.01. The predicted molar refractivity (Wildman–Crippen MR) is 58.3 cm³/mol. The molecule has 1 unspecified atom stereocenters. The van der Waals surface area contributed by atoms with Gasteiger partial charge < -0.3 is 11.1 Å². The van der Waals surface area contributed by atoms with Crippen molar-refractivity contribution in [2.75, 3.05) is 5.32 Å². The predicted octanol–water partition coefficient (Wildman–Crippen LogP) is 2.38. The zero-order chi connectivity index (χ0) is 13.1. The van der Waals surface area contributed by atoms with Gasteiger partial charge in [0, 0.05) is 18.2 Å². The lowest BCUT2D eigenvalue weighted by atomic mass is 10.2. The molecule has 0 aliphatic carbocycles. The lowest BCUT2D eigenvalue weighted by molar-refractivity contribution is -0.137. The van der Waals surface area contributed by atoms with Crippen molar-refractivity contribution in [3.63, 3.8) is 0 Å². The van der Waals surface area contributed by atoms with Gasteiger partial charge in [0.25, 0.3) is 0 Å². The Balaban J connectivity index is 2.66. The van der Waals surface area contributed by atoms with Crippen LogP contribution in [-0.4, -0.2) is 11.9 Å². The Bertz CT molecular complexity index is 385. The van der Waals surface area contributed by atoms with Crippen molar-refractivity contribution in [3.8, 4) is 0 Å². The lowest BCUT2D eigenvalue weighted by Crippen LogP contribution is -2.24. The number of halogens is 3. The van der Waals surface area contributed by atoms with E-state index in [1.807, 2.05) is 0 Å². The zero-order valence-electron chi connectivity index (χ0n) is 9.21. The van der Waals surface area contributed by atoms with Crippen LogP contribution in [0.25, 0.3) is 0 Å². The second-order valence-electron chi connectivity index (χ2n) is 3.80. The summed E-state index contributed by atoms with van der Waals surface area (Å²) < 4.78 is 36.8. The molecule has 0 aromatic heterocycles. The molecule has 0 saturated carbocycles. The molecular weight excluding hydrogens is 233 g/mol. The van der Waals surface area contributed by atoms with Gasteiger partial charge >= 0.3 is 6.18 Å². The summed E-state index contributed by atoms with van der Waals surface area (Å²) in [6, 6.07) is 3.97. The molecule has 0 fully saturated rings. The number of carbonyl (C=O) groups excluding carboxylic acids is 1. The highest BCUT2D eigenvalue weighted by molar-refractivity contribution is 5.91. The molecule has 1 atom stereocenters. The molecule has 0 heterocycles. The fraction of sp³-hybridized carbons (Fsp3) is 0.364. The number of nitrogens with two attached hydrogens (primary N) is 1. The van der Waals surface area contributed by atoms with Crippen molar-refractivity contribution in [1.29, 1.82) is 0 Å². The van der Waals surface area contributed by atoms with E-state index in [9.17, 15) is 18.0 Å². The summed E-state index contributed by atoms with van der Waals surface area (Å²) in [5.41, 5.74) is 4.99. The highest BCUT2D eigenvalue weighted by Gasteiger charge is 2.29. The van der Waals surface area contributed by atoms with Gasteiger partial charge in [-0.2, -0.15) is 13.2 Å². The van der Waals surface area contributed by atoms with Crippen LogP contribution in [0, 0.1) is 0 Å². The molecule has 0 aliphatic rings. The van der Waals surface area contributed by atoms with Gasteiger partial charge in [0.2, 0.25) is 5.91 Å². The molecule has 94 valence electrons. The van der Waals surface area contributed by atoms with Crippen LogP contribution in [-0.2, 0) is 11.0 Å². The van der Waals surface area contributed by atoms with Gasteiger partial charge in [-0.05, 0) is 31.2 Å². The smallest absolute Gasteiger partial charge is 0.327 e. The Kier molecular flexibility index (Phi) is 4.11. The van der Waals surface area contributed by atoms with Crippen molar-refractivity contribution in [1.82, 2.24) is 0 Å². The maximum atomic E-state index is 12.3. The molecule has 6 heteroatoms. The number of hydrogen-bond donors (Lipinski definition) is 2. The average molecular weight is 246 g/mol. The largest absolute Gasteiger partial charge is 0.416 e. The average Bonchev–Trinajstić information content (AvgIpc) is 2.15. The maximum Gasteiger partial charge on any atom is 0.416 e. The van der Waals surface area contributed by atoms with Crippen LogP contribution in [0.3, 0.4) is 0 Å². The normalized spacial score (nSPS) is 13.2. The second kappa shape index (κ2) is 5.18. The van der Waals surface area contributed by atoms with Gasteiger partial charge in [0.05, 0.1) is 5.56 Å². The Morgan fingerprint density at radius 2 is 1.88 bits per heavy atom. The Morgan fingerprint density at radius 1 is 1.35 bits per heavy atom. The van der Waals surface area contributed by atoms with Crippen molar-refractivity contribution in [2.45, 2.75) is 25.6 Å². The Morgan fingerprint density at radius 3 is 2.29 bits per heavy atom. The third kappa shape index (κ3) is 4.44. The molecule has 0 radical (unpaired) electrons.